The van der Waals surface area contributed by atoms with Crippen molar-refractivity contribution in [3.05, 3.63) is 84.4 Å². The number of halogens is 2. The number of hydrogen-bond donors (Lipinski definition) is 1. The minimum absolute atomic E-state index is 0.0724. The van der Waals surface area contributed by atoms with Crippen LogP contribution in [0, 0.1) is 11.6 Å². The van der Waals surface area contributed by atoms with Gasteiger partial charge in [0.2, 0.25) is 5.91 Å². The summed E-state index contributed by atoms with van der Waals surface area (Å²) in [5.41, 5.74) is 1.91. The van der Waals surface area contributed by atoms with E-state index in [1.165, 1.54) is 17.8 Å². The smallest absolute Gasteiger partial charge is 0.234 e. The van der Waals surface area contributed by atoms with Gasteiger partial charge in [0.25, 0.3) is 0 Å². The molecular weight excluding hydrogens is 392 g/mol. The zero-order chi connectivity index (χ0) is 20.2. The van der Waals surface area contributed by atoms with Crippen LogP contribution in [0.1, 0.15) is 0 Å². The third-order valence-electron chi connectivity index (χ3n) is 4.24. The van der Waals surface area contributed by atoms with Crippen molar-refractivity contribution in [2.45, 2.75) is 5.03 Å². The molecule has 0 saturated heterocycles. The Morgan fingerprint density at radius 1 is 0.862 bits per heavy atom. The molecule has 0 saturated carbocycles. The molecule has 4 nitrogen and oxygen atoms in total. The number of thioether (sulfide) groups is 1. The average molecular weight is 407 g/mol. The van der Waals surface area contributed by atoms with Gasteiger partial charge in [0.05, 0.1) is 11.4 Å². The first-order chi connectivity index (χ1) is 14.1. The van der Waals surface area contributed by atoms with Crippen molar-refractivity contribution in [1.82, 2.24) is 10.2 Å². The number of amides is 1. The van der Waals surface area contributed by atoms with Crippen LogP contribution in [-0.4, -0.2) is 21.9 Å². The molecule has 1 aromatic heterocycles. The number of carbonyl (C=O) groups excluding carboxylic acids is 1. The van der Waals surface area contributed by atoms with E-state index in [-0.39, 0.29) is 17.3 Å². The number of aromatic nitrogens is 2. The molecule has 1 amide bonds. The minimum Gasteiger partial charge on any atom is -0.325 e. The Morgan fingerprint density at radius 3 is 2.45 bits per heavy atom. The molecule has 0 fully saturated rings. The van der Waals surface area contributed by atoms with E-state index in [4.69, 9.17) is 0 Å². The molecule has 7 heteroatoms. The van der Waals surface area contributed by atoms with Gasteiger partial charge in [-0.2, -0.15) is 0 Å². The number of carbonyl (C=O) groups is 1. The van der Waals surface area contributed by atoms with Crippen LogP contribution in [0.3, 0.4) is 0 Å². The molecule has 29 heavy (non-hydrogen) atoms. The van der Waals surface area contributed by atoms with Gasteiger partial charge < -0.3 is 5.32 Å². The third-order valence-corrected chi connectivity index (χ3v) is 5.16. The Kier molecular flexibility index (Phi) is 5.48. The van der Waals surface area contributed by atoms with E-state index in [2.05, 4.69) is 27.6 Å². The first kappa shape index (κ1) is 19.0. The Morgan fingerprint density at radius 2 is 1.69 bits per heavy atom. The zero-order valence-corrected chi connectivity index (χ0v) is 15.9. The summed E-state index contributed by atoms with van der Waals surface area (Å²) in [6, 6.07) is 21.0. The van der Waals surface area contributed by atoms with Crippen LogP contribution in [0.25, 0.3) is 22.0 Å². The molecule has 0 aliphatic carbocycles. The van der Waals surface area contributed by atoms with Gasteiger partial charge in [0.1, 0.15) is 5.03 Å². The minimum atomic E-state index is -1.01. The molecule has 0 spiro atoms. The lowest BCUT2D eigenvalue weighted by atomic mass is 10.1. The molecule has 1 N–H and O–H groups in total. The van der Waals surface area contributed by atoms with E-state index in [0.717, 1.165) is 34.2 Å². The highest BCUT2D eigenvalue weighted by molar-refractivity contribution is 7.99. The molecule has 0 aliphatic rings. The molecule has 144 valence electrons. The summed E-state index contributed by atoms with van der Waals surface area (Å²) in [5.74, 6) is -2.24. The van der Waals surface area contributed by atoms with E-state index in [0.29, 0.717) is 5.03 Å². The van der Waals surface area contributed by atoms with Gasteiger partial charge in [-0.15, -0.1) is 10.2 Å². The number of benzene rings is 3. The first-order valence-electron chi connectivity index (χ1n) is 8.79. The predicted octanol–water partition coefficient (Wildman–Crippen LogP) is 5.31. The third kappa shape index (κ3) is 4.57. The number of nitrogens with one attached hydrogen (secondary N) is 1. The Labute approximate surface area is 170 Å². The Balaban J connectivity index is 1.38. The van der Waals surface area contributed by atoms with Crippen LogP contribution in [0.5, 0.6) is 0 Å². The number of fused-ring (bicyclic) bond motifs is 1. The van der Waals surface area contributed by atoms with Crippen molar-refractivity contribution in [1.29, 1.82) is 0 Å². The summed E-state index contributed by atoms with van der Waals surface area (Å²) in [6.45, 7) is 0. The van der Waals surface area contributed by atoms with Crippen LogP contribution in [-0.2, 0) is 4.79 Å². The summed E-state index contributed by atoms with van der Waals surface area (Å²) in [7, 11) is 0. The van der Waals surface area contributed by atoms with Crippen LogP contribution < -0.4 is 5.32 Å². The monoisotopic (exact) mass is 407 g/mol. The number of anilines is 1. The first-order valence-corrected chi connectivity index (χ1v) is 9.78. The number of rotatable bonds is 5. The normalized spacial score (nSPS) is 10.8. The van der Waals surface area contributed by atoms with E-state index >= 15 is 0 Å². The molecule has 4 rings (SSSR count). The second-order valence-electron chi connectivity index (χ2n) is 6.28. The second-order valence-corrected chi connectivity index (χ2v) is 7.28. The fraction of sp³-hybridized carbons (Fsp3) is 0.0455. The summed E-state index contributed by atoms with van der Waals surface area (Å²) < 4.78 is 26.1. The fourth-order valence-corrected chi connectivity index (χ4v) is 3.42. The Bertz CT molecular complexity index is 1180. The van der Waals surface area contributed by atoms with E-state index < -0.39 is 11.6 Å². The molecule has 3 aromatic carbocycles. The molecular formula is C22H15F2N3OS. The lowest BCUT2D eigenvalue weighted by Gasteiger charge is -2.06. The van der Waals surface area contributed by atoms with Gasteiger partial charge in [-0.25, -0.2) is 8.78 Å². The average Bonchev–Trinajstić information content (AvgIpc) is 2.75. The van der Waals surface area contributed by atoms with Gasteiger partial charge in [0, 0.05) is 17.3 Å². The second kappa shape index (κ2) is 8.36. The maximum atomic E-state index is 13.2. The van der Waals surface area contributed by atoms with Crippen molar-refractivity contribution in [3.63, 3.8) is 0 Å². The number of nitrogens with zero attached hydrogens (tertiary/aromatic N) is 2. The SMILES string of the molecule is O=C(CSc1ccc(-c2ccc3ccccc3c2)nn1)Nc1ccc(F)c(F)c1. The maximum Gasteiger partial charge on any atom is 0.234 e. The Hall–Kier alpha value is -3.32. The summed E-state index contributed by atoms with van der Waals surface area (Å²) >= 11 is 1.21. The van der Waals surface area contributed by atoms with Gasteiger partial charge in [-0.1, -0.05) is 48.2 Å². The highest BCUT2D eigenvalue weighted by Crippen LogP contribution is 2.24. The molecule has 4 aromatic rings. The van der Waals surface area contributed by atoms with E-state index in [1.807, 2.05) is 36.4 Å². The summed E-state index contributed by atoms with van der Waals surface area (Å²) in [5, 5.41) is 13.8. The van der Waals surface area contributed by atoms with Gasteiger partial charge in [-0.05, 0) is 41.1 Å². The zero-order valence-electron chi connectivity index (χ0n) is 15.1. The highest BCUT2D eigenvalue weighted by atomic mass is 32.2. The molecule has 0 radical (unpaired) electrons. The van der Waals surface area contributed by atoms with Crippen molar-refractivity contribution in [2.75, 3.05) is 11.1 Å². The highest BCUT2D eigenvalue weighted by Gasteiger charge is 2.08. The molecule has 0 atom stereocenters. The standard InChI is InChI=1S/C22H15F2N3OS/c23-18-8-7-17(12-19(18)24)25-21(28)13-29-22-10-9-20(26-27-22)16-6-5-14-3-1-2-4-15(14)11-16/h1-12H,13H2,(H,25,28). The predicted molar refractivity (Wildman–Crippen MR) is 111 cm³/mol. The van der Waals surface area contributed by atoms with E-state index in [1.54, 1.807) is 6.07 Å². The maximum absolute atomic E-state index is 13.2. The number of hydrogen-bond acceptors (Lipinski definition) is 4. The summed E-state index contributed by atoms with van der Waals surface area (Å²) in [6.07, 6.45) is 0. The van der Waals surface area contributed by atoms with Gasteiger partial charge >= 0.3 is 0 Å². The van der Waals surface area contributed by atoms with Crippen molar-refractivity contribution in [2.24, 2.45) is 0 Å². The lowest BCUT2D eigenvalue weighted by Crippen LogP contribution is -2.14. The fourth-order valence-electron chi connectivity index (χ4n) is 2.81. The van der Waals surface area contributed by atoms with Gasteiger partial charge in [0.15, 0.2) is 11.6 Å². The molecule has 1 heterocycles. The van der Waals surface area contributed by atoms with Crippen molar-refractivity contribution in [3.8, 4) is 11.3 Å². The van der Waals surface area contributed by atoms with Crippen molar-refractivity contribution >= 4 is 34.1 Å². The quantitative estimate of drug-likeness (QED) is 0.456. The molecule has 0 aliphatic heterocycles. The van der Waals surface area contributed by atoms with Crippen molar-refractivity contribution < 1.29 is 13.6 Å². The van der Waals surface area contributed by atoms with Crippen LogP contribution in [0.2, 0.25) is 0 Å². The van der Waals surface area contributed by atoms with E-state index in [9.17, 15) is 13.6 Å². The lowest BCUT2D eigenvalue weighted by molar-refractivity contribution is -0.113. The largest absolute Gasteiger partial charge is 0.325 e. The summed E-state index contributed by atoms with van der Waals surface area (Å²) in [4.78, 5) is 12.0. The van der Waals surface area contributed by atoms with Crippen LogP contribution in [0.4, 0.5) is 14.5 Å². The topological polar surface area (TPSA) is 54.9 Å². The van der Waals surface area contributed by atoms with Gasteiger partial charge in [-0.3, -0.25) is 4.79 Å². The van der Waals surface area contributed by atoms with Crippen LogP contribution in [0.15, 0.2) is 77.8 Å². The molecule has 0 unspecified atom stereocenters. The molecule has 0 bridgehead atoms. The van der Waals surface area contributed by atoms with Crippen LogP contribution >= 0.6 is 11.8 Å².